The standard InChI is InChI=1S/C22H23F3N2O2/c1-29-20-8-6-19(7-9-20)27-13-11-18(12-14-27)26-21(28)10-5-16-3-2-4-17(15-16)22(23,24)25/h2-10,15,18H,11-14H2,1H3,(H,26,28)/b10-5+. The Hall–Kier alpha value is -2.96. The third-order valence-electron chi connectivity index (χ3n) is 4.92. The van der Waals surface area contributed by atoms with Crippen molar-refractivity contribution in [3.8, 4) is 5.75 Å². The van der Waals surface area contributed by atoms with E-state index in [1.54, 1.807) is 7.11 Å². The van der Waals surface area contributed by atoms with E-state index in [0.29, 0.717) is 5.56 Å². The van der Waals surface area contributed by atoms with Crippen LogP contribution in [0.4, 0.5) is 18.9 Å². The Bertz CT molecular complexity index is 855. The summed E-state index contributed by atoms with van der Waals surface area (Å²) < 4.78 is 43.4. The van der Waals surface area contributed by atoms with E-state index in [1.807, 2.05) is 24.3 Å². The molecule has 1 aliphatic heterocycles. The summed E-state index contributed by atoms with van der Waals surface area (Å²) in [6.07, 6.45) is -0.114. The van der Waals surface area contributed by atoms with Gasteiger partial charge in [0.25, 0.3) is 0 Å². The van der Waals surface area contributed by atoms with E-state index in [2.05, 4.69) is 10.2 Å². The molecule has 0 unspecified atom stereocenters. The van der Waals surface area contributed by atoms with Gasteiger partial charge < -0.3 is 15.0 Å². The SMILES string of the molecule is COc1ccc(N2CCC(NC(=O)/C=C/c3cccc(C(F)(F)F)c3)CC2)cc1. The Kier molecular flexibility index (Phi) is 6.46. The van der Waals surface area contributed by atoms with Crippen molar-refractivity contribution >= 4 is 17.7 Å². The maximum atomic E-state index is 12.8. The first-order valence-electron chi connectivity index (χ1n) is 9.40. The normalized spacial score (nSPS) is 15.5. The monoisotopic (exact) mass is 404 g/mol. The summed E-state index contributed by atoms with van der Waals surface area (Å²) in [5, 5.41) is 2.93. The van der Waals surface area contributed by atoms with E-state index < -0.39 is 11.7 Å². The third kappa shape index (κ3) is 5.76. The first-order valence-corrected chi connectivity index (χ1v) is 9.40. The second-order valence-electron chi connectivity index (χ2n) is 6.92. The second-order valence-corrected chi connectivity index (χ2v) is 6.92. The number of anilines is 1. The maximum absolute atomic E-state index is 12.8. The molecule has 0 atom stereocenters. The summed E-state index contributed by atoms with van der Waals surface area (Å²) in [5.41, 5.74) is 0.718. The molecule has 2 aromatic rings. The Morgan fingerprint density at radius 2 is 1.83 bits per heavy atom. The van der Waals surface area contributed by atoms with E-state index in [-0.39, 0.29) is 11.9 Å². The Balaban J connectivity index is 1.50. The molecule has 0 spiro atoms. The lowest BCUT2D eigenvalue weighted by atomic mass is 10.0. The van der Waals surface area contributed by atoms with Gasteiger partial charge in [0.2, 0.25) is 5.91 Å². The highest BCUT2D eigenvalue weighted by Crippen LogP contribution is 2.29. The number of benzene rings is 2. The second kappa shape index (κ2) is 9.03. The van der Waals surface area contributed by atoms with Gasteiger partial charge in [-0.15, -0.1) is 0 Å². The molecule has 0 saturated carbocycles. The van der Waals surface area contributed by atoms with Crippen molar-refractivity contribution in [1.82, 2.24) is 5.32 Å². The average molecular weight is 404 g/mol. The number of carbonyl (C=O) groups excluding carboxylic acids is 1. The van der Waals surface area contributed by atoms with E-state index >= 15 is 0 Å². The lowest BCUT2D eigenvalue weighted by Gasteiger charge is -2.33. The zero-order chi connectivity index (χ0) is 20.9. The van der Waals surface area contributed by atoms with Gasteiger partial charge in [0, 0.05) is 30.9 Å². The molecule has 1 saturated heterocycles. The van der Waals surface area contributed by atoms with Crippen LogP contribution in [0.25, 0.3) is 6.08 Å². The third-order valence-corrected chi connectivity index (χ3v) is 4.92. The van der Waals surface area contributed by atoms with Gasteiger partial charge in [-0.3, -0.25) is 4.79 Å². The lowest BCUT2D eigenvalue weighted by molar-refractivity contribution is -0.137. The summed E-state index contributed by atoms with van der Waals surface area (Å²) in [6, 6.07) is 12.8. The fourth-order valence-corrected chi connectivity index (χ4v) is 3.31. The molecule has 3 rings (SSSR count). The maximum Gasteiger partial charge on any atom is 0.416 e. The first-order chi connectivity index (χ1) is 13.8. The Morgan fingerprint density at radius 3 is 2.45 bits per heavy atom. The summed E-state index contributed by atoms with van der Waals surface area (Å²) in [5.74, 6) is 0.508. The van der Waals surface area contributed by atoms with Crippen molar-refractivity contribution < 1.29 is 22.7 Å². The van der Waals surface area contributed by atoms with Crippen molar-refractivity contribution in [2.45, 2.75) is 25.1 Å². The predicted molar refractivity (Wildman–Crippen MR) is 107 cm³/mol. The zero-order valence-corrected chi connectivity index (χ0v) is 16.1. The van der Waals surface area contributed by atoms with Gasteiger partial charge in [-0.25, -0.2) is 0 Å². The van der Waals surface area contributed by atoms with Gasteiger partial charge in [-0.05, 0) is 60.9 Å². The Morgan fingerprint density at radius 1 is 1.14 bits per heavy atom. The van der Waals surface area contributed by atoms with Gasteiger partial charge in [-0.2, -0.15) is 13.2 Å². The van der Waals surface area contributed by atoms with Crippen molar-refractivity contribution in [2.24, 2.45) is 0 Å². The zero-order valence-electron chi connectivity index (χ0n) is 16.1. The van der Waals surface area contributed by atoms with Crippen LogP contribution in [0.3, 0.4) is 0 Å². The van der Waals surface area contributed by atoms with Crippen LogP contribution < -0.4 is 15.0 Å². The van der Waals surface area contributed by atoms with E-state index in [0.717, 1.165) is 49.5 Å². The summed E-state index contributed by atoms with van der Waals surface area (Å²) in [4.78, 5) is 14.4. The molecule has 1 amide bonds. The summed E-state index contributed by atoms with van der Waals surface area (Å²) in [6.45, 7) is 1.63. The minimum absolute atomic E-state index is 0.0446. The van der Waals surface area contributed by atoms with Gasteiger partial charge in [0.1, 0.15) is 5.75 Å². The number of piperidine rings is 1. The van der Waals surface area contributed by atoms with Crippen LogP contribution in [0.15, 0.2) is 54.6 Å². The highest BCUT2D eigenvalue weighted by atomic mass is 19.4. The van der Waals surface area contributed by atoms with Crippen molar-refractivity contribution in [2.75, 3.05) is 25.1 Å². The fraction of sp³-hybridized carbons (Fsp3) is 0.318. The molecule has 29 heavy (non-hydrogen) atoms. The van der Waals surface area contributed by atoms with Crippen LogP contribution in [0.5, 0.6) is 5.75 Å². The van der Waals surface area contributed by atoms with Crippen LogP contribution in [-0.2, 0) is 11.0 Å². The Labute approximate surface area is 168 Å². The van der Waals surface area contributed by atoms with Crippen LogP contribution in [0, 0.1) is 0 Å². The molecule has 1 N–H and O–H groups in total. The molecule has 0 aliphatic carbocycles. The van der Waals surface area contributed by atoms with Crippen LogP contribution in [-0.4, -0.2) is 32.1 Å². The van der Waals surface area contributed by atoms with E-state index in [4.69, 9.17) is 4.74 Å². The minimum atomic E-state index is -4.40. The molecule has 2 aromatic carbocycles. The number of hydrogen-bond donors (Lipinski definition) is 1. The number of carbonyl (C=O) groups is 1. The number of nitrogens with one attached hydrogen (secondary N) is 1. The molecule has 4 nitrogen and oxygen atoms in total. The molecule has 0 radical (unpaired) electrons. The molecular weight excluding hydrogens is 381 g/mol. The first kappa shape index (κ1) is 20.8. The quantitative estimate of drug-likeness (QED) is 0.746. The molecule has 154 valence electrons. The highest BCUT2D eigenvalue weighted by Gasteiger charge is 2.30. The fourth-order valence-electron chi connectivity index (χ4n) is 3.31. The van der Waals surface area contributed by atoms with E-state index in [1.165, 1.54) is 24.3 Å². The summed E-state index contributed by atoms with van der Waals surface area (Å²) >= 11 is 0. The number of ether oxygens (including phenoxy) is 1. The molecule has 7 heteroatoms. The molecule has 1 fully saturated rings. The number of nitrogens with zero attached hydrogens (tertiary/aromatic N) is 1. The predicted octanol–water partition coefficient (Wildman–Crippen LogP) is 4.51. The van der Waals surface area contributed by atoms with Gasteiger partial charge >= 0.3 is 6.18 Å². The number of rotatable bonds is 5. The summed E-state index contributed by atoms with van der Waals surface area (Å²) in [7, 11) is 1.63. The number of amides is 1. The average Bonchev–Trinajstić information content (AvgIpc) is 2.72. The van der Waals surface area contributed by atoms with Crippen LogP contribution >= 0.6 is 0 Å². The van der Waals surface area contributed by atoms with Crippen molar-refractivity contribution in [3.63, 3.8) is 0 Å². The number of alkyl halides is 3. The topological polar surface area (TPSA) is 41.6 Å². The molecule has 0 aromatic heterocycles. The smallest absolute Gasteiger partial charge is 0.416 e. The lowest BCUT2D eigenvalue weighted by Crippen LogP contribution is -2.44. The molecular formula is C22H23F3N2O2. The molecule has 1 aliphatic rings. The number of hydrogen-bond acceptors (Lipinski definition) is 3. The molecule has 0 bridgehead atoms. The van der Waals surface area contributed by atoms with Gasteiger partial charge in [-0.1, -0.05) is 12.1 Å². The minimum Gasteiger partial charge on any atom is -0.497 e. The van der Waals surface area contributed by atoms with Gasteiger partial charge in [0.05, 0.1) is 12.7 Å². The van der Waals surface area contributed by atoms with Crippen molar-refractivity contribution in [3.05, 3.63) is 65.7 Å². The van der Waals surface area contributed by atoms with Crippen LogP contribution in [0.2, 0.25) is 0 Å². The van der Waals surface area contributed by atoms with Crippen molar-refractivity contribution in [1.29, 1.82) is 0 Å². The molecule has 1 heterocycles. The van der Waals surface area contributed by atoms with Crippen LogP contribution in [0.1, 0.15) is 24.0 Å². The van der Waals surface area contributed by atoms with E-state index in [9.17, 15) is 18.0 Å². The van der Waals surface area contributed by atoms with Gasteiger partial charge in [0.15, 0.2) is 0 Å². The number of halogens is 3. The largest absolute Gasteiger partial charge is 0.497 e. The number of methoxy groups -OCH3 is 1. The highest BCUT2D eigenvalue weighted by molar-refractivity contribution is 5.91.